The number of aryl methyl sites for hydroxylation is 1. The lowest BCUT2D eigenvalue weighted by Gasteiger charge is -2.19. The Morgan fingerprint density at radius 2 is 1.86 bits per heavy atom. The third kappa shape index (κ3) is 3.65. The minimum Gasteiger partial charge on any atom is -0.265 e. The molecule has 2 heterocycles. The fourth-order valence-electron chi connectivity index (χ4n) is 1.93. The highest BCUT2D eigenvalue weighted by Gasteiger charge is 2.20. The second-order valence-electron chi connectivity index (χ2n) is 5.10. The first-order valence-corrected chi connectivity index (χ1v) is 8.19. The Morgan fingerprint density at radius 3 is 2.41 bits per heavy atom. The molecule has 1 atom stereocenters. The molecule has 0 bridgehead atoms. The highest BCUT2D eigenvalue weighted by atomic mass is 32.2. The molecule has 0 radical (unpaired) electrons. The van der Waals surface area contributed by atoms with Crippen molar-refractivity contribution in [1.29, 1.82) is 0 Å². The molecular formula is C14H19N5O2S. The summed E-state index contributed by atoms with van der Waals surface area (Å²) in [4.78, 5) is 12.7. The van der Waals surface area contributed by atoms with Crippen molar-refractivity contribution in [3.8, 4) is 11.4 Å². The standard InChI is InChI=1S/C14H19N5O2S/c1-10-13(11(2)18-22(20,21)19(3)4)9-16-14(17-10)12-5-7-15-8-6-12/h5-9,11,18H,1-4H3/t11-/m1/s1. The average Bonchev–Trinajstić information content (AvgIpc) is 2.47. The molecule has 0 unspecified atom stereocenters. The Kier molecular flexibility index (Phi) is 4.84. The first-order chi connectivity index (χ1) is 10.3. The van der Waals surface area contributed by atoms with Crippen LogP contribution in [0.2, 0.25) is 0 Å². The molecule has 2 aromatic heterocycles. The van der Waals surface area contributed by atoms with E-state index in [4.69, 9.17) is 0 Å². The number of nitrogens with one attached hydrogen (secondary N) is 1. The van der Waals surface area contributed by atoms with Gasteiger partial charge in [-0.25, -0.2) is 9.97 Å². The van der Waals surface area contributed by atoms with E-state index in [9.17, 15) is 8.42 Å². The zero-order valence-electron chi connectivity index (χ0n) is 13.0. The molecule has 0 aromatic carbocycles. The molecule has 7 nitrogen and oxygen atoms in total. The predicted molar refractivity (Wildman–Crippen MR) is 84.2 cm³/mol. The van der Waals surface area contributed by atoms with Gasteiger partial charge in [0.15, 0.2) is 5.82 Å². The quantitative estimate of drug-likeness (QED) is 0.897. The summed E-state index contributed by atoms with van der Waals surface area (Å²) in [5, 5.41) is 0. The van der Waals surface area contributed by atoms with Crippen molar-refractivity contribution in [2.45, 2.75) is 19.9 Å². The number of hydrogen-bond acceptors (Lipinski definition) is 5. The van der Waals surface area contributed by atoms with Crippen LogP contribution in [0.15, 0.2) is 30.7 Å². The maximum Gasteiger partial charge on any atom is 0.279 e. The van der Waals surface area contributed by atoms with Crippen LogP contribution in [0.25, 0.3) is 11.4 Å². The molecule has 0 aliphatic rings. The number of nitrogens with zero attached hydrogens (tertiary/aromatic N) is 4. The Balaban J connectivity index is 2.27. The smallest absolute Gasteiger partial charge is 0.265 e. The minimum absolute atomic E-state index is 0.418. The summed E-state index contributed by atoms with van der Waals surface area (Å²) in [6, 6.07) is 3.23. The van der Waals surface area contributed by atoms with Gasteiger partial charge in [0.05, 0.1) is 0 Å². The molecule has 0 spiro atoms. The van der Waals surface area contributed by atoms with Gasteiger partial charge in [-0.15, -0.1) is 0 Å². The van der Waals surface area contributed by atoms with Crippen molar-refractivity contribution in [2.75, 3.05) is 14.1 Å². The molecule has 0 saturated carbocycles. The van der Waals surface area contributed by atoms with Gasteiger partial charge in [-0.1, -0.05) is 0 Å². The molecule has 0 aliphatic carbocycles. The van der Waals surface area contributed by atoms with Crippen LogP contribution in [-0.2, 0) is 10.2 Å². The van der Waals surface area contributed by atoms with Gasteiger partial charge in [0.25, 0.3) is 10.2 Å². The molecular weight excluding hydrogens is 302 g/mol. The highest BCUT2D eigenvalue weighted by Crippen LogP contribution is 2.20. The summed E-state index contributed by atoms with van der Waals surface area (Å²) in [6.07, 6.45) is 5.01. The van der Waals surface area contributed by atoms with E-state index in [-0.39, 0.29) is 0 Å². The van der Waals surface area contributed by atoms with E-state index >= 15 is 0 Å². The molecule has 0 fully saturated rings. The van der Waals surface area contributed by atoms with Crippen molar-refractivity contribution in [2.24, 2.45) is 0 Å². The summed E-state index contributed by atoms with van der Waals surface area (Å²) in [7, 11) is -0.551. The van der Waals surface area contributed by atoms with Gasteiger partial charge >= 0.3 is 0 Å². The summed E-state index contributed by atoms with van der Waals surface area (Å²) < 4.78 is 27.5. The molecule has 2 rings (SSSR count). The number of hydrogen-bond donors (Lipinski definition) is 1. The molecule has 118 valence electrons. The molecule has 0 saturated heterocycles. The van der Waals surface area contributed by atoms with Crippen LogP contribution in [-0.4, -0.2) is 41.8 Å². The van der Waals surface area contributed by atoms with E-state index in [1.54, 1.807) is 25.5 Å². The first kappa shape index (κ1) is 16.5. The van der Waals surface area contributed by atoms with Gasteiger partial charge < -0.3 is 0 Å². The fourth-order valence-corrected chi connectivity index (χ4v) is 2.72. The van der Waals surface area contributed by atoms with Gasteiger partial charge in [-0.05, 0) is 26.0 Å². The highest BCUT2D eigenvalue weighted by molar-refractivity contribution is 7.87. The Morgan fingerprint density at radius 1 is 1.23 bits per heavy atom. The zero-order chi connectivity index (χ0) is 16.3. The topological polar surface area (TPSA) is 88.1 Å². The van der Waals surface area contributed by atoms with Crippen LogP contribution >= 0.6 is 0 Å². The fraction of sp³-hybridized carbons (Fsp3) is 0.357. The lowest BCUT2D eigenvalue weighted by atomic mass is 10.1. The van der Waals surface area contributed by atoms with E-state index in [0.717, 1.165) is 21.1 Å². The summed E-state index contributed by atoms with van der Waals surface area (Å²) in [6.45, 7) is 3.60. The number of rotatable bonds is 5. The maximum absolute atomic E-state index is 11.9. The lowest BCUT2D eigenvalue weighted by Crippen LogP contribution is -2.37. The normalized spacial score (nSPS) is 13.3. The Bertz CT molecular complexity index is 747. The third-order valence-electron chi connectivity index (χ3n) is 3.23. The van der Waals surface area contributed by atoms with Gasteiger partial charge in [0.2, 0.25) is 0 Å². The van der Waals surface area contributed by atoms with Crippen molar-refractivity contribution in [1.82, 2.24) is 24.0 Å². The SMILES string of the molecule is Cc1nc(-c2ccncc2)ncc1[C@@H](C)NS(=O)(=O)N(C)C. The van der Waals surface area contributed by atoms with Crippen LogP contribution < -0.4 is 4.72 Å². The number of pyridine rings is 1. The van der Waals surface area contributed by atoms with E-state index in [2.05, 4.69) is 19.7 Å². The monoisotopic (exact) mass is 321 g/mol. The second kappa shape index (κ2) is 6.47. The molecule has 8 heteroatoms. The van der Waals surface area contributed by atoms with E-state index in [0.29, 0.717) is 5.82 Å². The van der Waals surface area contributed by atoms with Crippen molar-refractivity contribution < 1.29 is 8.42 Å². The van der Waals surface area contributed by atoms with Crippen molar-refractivity contribution in [3.63, 3.8) is 0 Å². The van der Waals surface area contributed by atoms with Crippen LogP contribution in [0.5, 0.6) is 0 Å². The van der Waals surface area contributed by atoms with Gasteiger partial charge in [-0.2, -0.15) is 17.4 Å². The largest absolute Gasteiger partial charge is 0.279 e. The van der Waals surface area contributed by atoms with Crippen molar-refractivity contribution >= 4 is 10.2 Å². The Hall–Kier alpha value is -1.90. The maximum atomic E-state index is 11.9. The second-order valence-corrected chi connectivity index (χ2v) is 7.01. The van der Waals surface area contributed by atoms with Crippen molar-refractivity contribution in [3.05, 3.63) is 42.0 Å². The predicted octanol–water partition coefficient (Wildman–Crippen LogP) is 1.30. The zero-order valence-corrected chi connectivity index (χ0v) is 13.8. The van der Waals surface area contributed by atoms with Gasteiger partial charge in [0.1, 0.15) is 0 Å². The van der Waals surface area contributed by atoms with Crippen LogP contribution in [0.4, 0.5) is 0 Å². The van der Waals surface area contributed by atoms with Crippen LogP contribution in [0, 0.1) is 6.92 Å². The molecule has 22 heavy (non-hydrogen) atoms. The van der Waals surface area contributed by atoms with Gasteiger partial charge in [-0.3, -0.25) is 4.98 Å². The molecule has 0 amide bonds. The average molecular weight is 321 g/mol. The third-order valence-corrected chi connectivity index (χ3v) is 4.84. The number of aromatic nitrogens is 3. The van der Waals surface area contributed by atoms with Gasteiger partial charge in [0, 0.05) is 55.5 Å². The van der Waals surface area contributed by atoms with E-state index in [1.165, 1.54) is 14.1 Å². The summed E-state index contributed by atoms with van der Waals surface area (Å²) in [5.74, 6) is 0.589. The van der Waals surface area contributed by atoms with Crippen LogP contribution in [0.1, 0.15) is 24.2 Å². The Labute approximate surface area is 130 Å². The van der Waals surface area contributed by atoms with E-state index in [1.807, 2.05) is 19.1 Å². The minimum atomic E-state index is -3.51. The summed E-state index contributed by atoms with van der Waals surface area (Å²) >= 11 is 0. The molecule has 0 aliphatic heterocycles. The first-order valence-electron chi connectivity index (χ1n) is 6.75. The lowest BCUT2D eigenvalue weighted by molar-refractivity contribution is 0.494. The summed E-state index contributed by atoms with van der Waals surface area (Å²) in [5.41, 5.74) is 2.34. The molecule has 1 N–H and O–H groups in total. The molecule has 2 aromatic rings. The van der Waals surface area contributed by atoms with E-state index < -0.39 is 16.3 Å². The van der Waals surface area contributed by atoms with Crippen LogP contribution in [0.3, 0.4) is 0 Å².